The number of unbranched alkanes of at least 4 members (excludes halogenated alkanes) is 1. The van der Waals surface area contributed by atoms with Gasteiger partial charge in [-0.2, -0.15) is 0 Å². The monoisotopic (exact) mass is 370 g/mol. The summed E-state index contributed by atoms with van der Waals surface area (Å²) in [6.07, 6.45) is 2.30. The van der Waals surface area contributed by atoms with E-state index in [1.54, 1.807) is 13.2 Å². The van der Waals surface area contributed by atoms with E-state index in [-0.39, 0.29) is 13.4 Å². The molecule has 0 unspecified atom stereocenters. The normalized spacial score (nSPS) is 18.6. The standard InChI is InChI=1S/C18H28BClO5/c1-17(2)18(3,4)25-19(24-17)15-10-13(23-12-22-5)11-16(20)14(15)8-6-7-9-21/h10-11,21H,6-9,12H2,1-5H3. The van der Waals surface area contributed by atoms with Crippen LogP contribution in [0.5, 0.6) is 5.75 Å². The predicted octanol–water partition coefficient (Wildman–Crippen LogP) is 2.94. The molecule has 0 spiro atoms. The summed E-state index contributed by atoms with van der Waals surface area (Å²) in [5.74, 6) is 0.613. The van der Waals surface area contributed by atoms with E-state index >= 15 is 0 Å². The molecule has 0 bridgehead atoms. The van der Waals surface area contributed by atoms with Crippen molar-refractivity contribution >= 4 is 24.2 Å². The zero-order valence-corrected chi connectivity index (χ0v) is 16.5. The molecule has 2 rings (SSSR count). The van der Waals surface area contributed by atoms with Crippen molar-refractivity contribution in [1.29, 1.82) is 0 Å². The van der Waals surface area contributed by atoms with Crippen molar-refractivity contribution in [2.75, 3.05) is 20.5 Å². The highest BCUT2D eigenvalue weighted by Gasteiger charge is 2.52. The topological polar surface area (TPSA) is 57.2 Å². The van der Waals surface area contributed by atoms with E-state index in [2.05, 4.69) is 0 Å². The van der Waals surface area contributed by atoms with Crippen LogP contribution >= 0.6 is 11.6 Å². The minimum absolute atomic E-state index is 0.142. The van der Waals surface area contributed by atoms with Gasteiger partial charge in [0.2, 0.25) is 0 Å². The Morgan fingerprint density at radius 1 is 1.12 bits per heavy atom. The van der Waals surface area contributed by atoms with Gasteiger partial charge in [-0.1, -0.05) is 11.6 Å². The molecule has 1 N–H and O–H groups in total. The van der Waals surface area contributed by atoms with E-state index in [1.807, 2.05) is 33.8 Å². The SMILES string of the molecule is COCOc1cc(Cl)c(CCCCO)c(B2OC(C)(C)C(C)(C)O2)c1. The van der Waals surface area contributed by atoms with Gasteiger partial charge in [0.05, 0.1) is 11.2 Å². The quantitative estimate of drug-likeness (QED) is 0.433. The molecule has 7 heteroatoms. The average molecular weight is 371 g/mol. The van der Waals surface area contributed by atoms with Crippen molar-refractivity contribution in [2.24, 2.45) is 0 Å². The summed E-state index contributed by atoms with van der Waals surface area (Å²) in [4.78, 5) is 0. The summed E-state index contributed by atoms with van der Waals surface area (Å²) in [6.45, 7) is 8.38. The van der Waals surface area contributed by atoms with E-state index in [4.69, 9.17) is 35.5 Å². The molecule has 1 heterocycles. The average Bonchev–Trinajstić information content (AvgIpc) is 2.75. The van der Waals surface area contributed by atoms with Crippen LogP contribution in [0.25, 0.3) is 0 Å². The van der Waals surface area contributed by atoms with Gasteiger partial charge in [0.15, 0.2) is 6.79 Å². The van der Waals surface area contributed by atoms with Crippen molar-refractivity contribution in [2.45, 2.75) is 58.2 Å². The Hall–Kier alpha value is -0.785. The summed E-state index contributed by atoms with van der Waals surface area (Å²) in [5.41, 5.74) is 0.972. The van der Waals surface area contributed by atoms with E-state index in [0.717, 1.165) is 30.3 Å². The summed E-state index contributed by atoms with van der Waals surface area (Å²) < 4.78 is 22.9. The van der Waals surface area contributed by atoms with Gasteiger partial charge in [-0.15, -0.1) is 0 Å². The number of benzene rings is 1. The lowest BCUT2D eigenvalue weighted by atomic mass is 9.74. The molecular weight excluding hydrogens is 342 g/mol. The third kappa shape index (κ3) is 4.69. The molecule has 0 amide bonds. The third-order valence-corrected chi connectivity index (χ3v) is 5.23. The fourth-order valence-electron chi connectivity index (χ4n) is 2.70. The number of rotatable bonds is 8. The molecule has 1 aromatic carbocycles. The lowest BCUT2D eigenvalue weighted by Gasteiger charge is -2.32. The van der Waals surface area contributed by atoms with Gasteiger partial charge in [-0.3, -0.25) is 0 Å². The number of halogens is 1. The van der Waals surface area contributed by atoms with E-state index in [1.165, 1.54) is 0 Å². The fraction of sp³-hybridized carbons (Fsp3) is 0.667. The molecule has 5 nitrogen and oxygen atoms in total. The Morgan fingerprint density at radius 3 is 2.32 bits per heavy atom. The van der Waals surface area contributed by atoms with Crippen molar-refractivity contribution in [3.63, 3.8) is 0 Å². The minimum Gasteiger partial charge on any atom is -0.468 e. The summed E-state index contributed by atoms with van der Waals surface area (Å²) in [7, 11) is 1.05. The molecule has 0 radical (unpaired) electrons. The van der Waals surface area contributed by atoms with Gasteiger partial charge in [-0.25, -0.2) is 0 Å². The van der Waals surface area contributed by atoms with Crippen LogP contribution in [0.2, 0.25) is 5.02 Å². The zero-order valence-electron chi connectivity index (χ0n) is 15.7. The van der Waals surface area contributed by atoms with Gasteiger partial charge >= 0.3 is 7.12 Å². The third-order valence-electron chi connectivity index (χ3n) is 4.89. The second-order valence-electron chi connectivity index (χ2n) is 7.29. The van der Waals surface area contributed by atoms with Crippen LogP contribution in [0.1, 0.15) is 46.1 Å². The molecule has 1 aromatic rings. The zero-order chi connectivity index (χ0) is 18.7. The molecule has 1 fully saturated rings. The van der Waals surface area contributed by atoms with Crippen LogP contribution in [-0.4, -0.2) is 43.9 Å². The highest BCUT2D eigenvalue weighted by atomic mass is 35.5. The Morgan fingerprint density at radius 2 is 1.76 bits per heavy atom. The van der Waals surface area contributed by atoms with Gasteiger partial charge < -0.3 is 23.9 Å². The van der Waals surface area contributed by atoms with E-state index in [9.17, 15) is 0 Å². The molecular formula is C18H28BClO5. The lowest BCUT2D eigenvalue weighted by Crippen LogP contribution is -2.41. The van der Waals surface area contributed by atoms with Crippen molar-refractivity contribution in [1.82, 2.24) is 0 Å². The maximum Gasteiger partial charge on any atom is 0.495 e. The summed E-state index contributed by atoms with van der Waals surface area (Å²) >= 11 is 6.52. The van der Waals surface area contributed by atoms with Crippen LogP contribution < -0.4 is 10.2 Å². The van der Waals surface area contributed by atoms with E-state index in [0.29, 0.717) is 10.8 Å². The molecule has 0 aliphatic carbocycles. The first-order valence-electron chi connectivity index (χ1n) is 8.62. The van der Waals surface area contributed by atoms with Gasteiger partial charge in [0.1, 0.15) is 5.75 Å². The summed E-state index contributed by atoms with van der Waals surface area (Å²) in [5, 5.41) is 9.66. The molecule has 1 aliphatic rings. The number of aliphatic hydroxyl groups excluding tert-OH is 1. The van der Waals surface area contributed by atoms with Crippen molar-refractivity contribution in [3.05, 3.63) is 22.7 Å². The largest absolute Gasteiger partial charge is 0.495 e. The maximum atomic E-state index is 9.06. The lowest BCUT2D eigenvalue weighted by molar-refractivity contribution is 0.00578. The molecule has 0 saturated carbocycles. The van der Waals surface area contributed by atoms with Crippen molar-refractivity contribution in [3.8, 4) is 5.75 Å². The highest BCUT2D eigenvalue weighted by Crippen LogP contribution is 2.37. The number of hydrogen-bond donors (Lipinski definition) is 1. The Balaban J connectivity index is 2.36. The van der Waals surface area contributed by atoms with Gasteiger partial charge in [0.25, 0.3) is 0 Å². The van der Waals surface area contributed by atoms with Crippen LogP contribution in [0, 0.1) is 0 Å². The molecule has 0 aromatic heterocycles. The fourth-order valence-corrected chi connectivity index (χ4v) is 3.01. The first kappa shape index (κ1) is 20.5. The van der Waals surface area contributed by atoms with Gasteiger partial charge in [0, 0.05) is 18.7 Å². The van der Waals surface area contributed by atoms with Crippen LogP contribution in [0.15, 0.2) is 12.1 Å². The highest BCUT2D eigenvalue weighted by molar-refractivity contribution is 6.63. The van der Waals surface area contributed by atoms with Gasteiger partial charge in [-0.05, 0) is 70.1 Å². The number of ether oxygens (including phenoxy) is 2. The maximum absolute atomic E-state index is 9.06. The number of aliphatic hydroxyl groups is 1. The first-order valence-corrected chi connectivity index (χ1v) is 9.00. The number of hydrogen-bond acceptors (Lipinski definition) is 5. The van der Waals surface area contributed by atoms with Crippen molar-refractivity contribution < 1.29 is 23.9 Å². The molecule has 1 saturated heterocycles. The summed E-state index contributed by atoms with van der Waals surface area (Å²) in [6, 6.07) is 3.69. The Labute approximate surface area is 155 Å². The van der Waals surface area contributed by atoms with Crippen LogP contribution in [-0.2, 0) is 20.5 Å². The second kappa shape index (κ2) is 8.27. The Kier molecular flexibility index (Phi) is 6.79. The Bertz CT molecular complexity index is 575. The minimum atomic E-state index is -0.516. The number of methoxy groups -OCH3 is 1. The smallest absolute Gasteiger partial charge is 0.468 e. The predicted molar refractivity (Wildman–Crippen MR) is 99.7 cm³/mol. The second-order valence-corrected chi connectivity index (χ2v) is 7.70. The van der Waals surface area contributed by atoms with E-state index < -0.39 is 18.3 Å². The molecule has 0 atom stereocenters. The molecule has 1 aliphatic heterocycles. The van der Waals surface area contributed by atoms with Crippen LogP contribution in [0.3, 0.4) is 0 Å². The van der Waals surface area contributed by atoms with Crippen LogP contribution in [0.4, 0.5) is 0 Å². The molecule has 140 valence electrons. The first-order chi connectivity index (χ1) is 11.7. The molecule has 25 heavy (non-hydrogen) atoms.